The predicted molar refractivity (Wildman–Crippen MR) is 73.1 cm³/mol. The van der Waals surface area contributed by atoms with E-state index in [2.05, 4.69) is 4.98 Å². The standard InChI is InChI=1S/C12H10ClN3O5/c1-6-14-10(16(19)20)11(15(6)2)21-9-4-3-7(13)5-8(9)12(17)18/h3-5H,1-2H3,(H,17,18). The monoisotopic (exact) mass is 311 g/mol. The smallest absolute Gasteiger partial charge is 0.427 e. The van der Waals surface area contributed by atoms with Gasteiger partial charge < -0.3 is 20.0 Å². The highest BCUT2D eigenvalue weighted by molar-refractivity contribution is 6.31. The molecule has 0 spiro atoms. The fraction of sp³-hybridized carbons (Fsp3) is 0.167. The second kappa shape index (κ2) is 5.41. The Kier molecular flexibility index (Phi) is 3.81. The Morgan fingerprint density at radius 2 is 2.19 bits per heavy atom. The zero-order valence-electron chi connectivity index (χ0n) is 11.0. The number of nitro groups is 1. The third-order valence-corrected chi connectivity index (χ3v) is 3.04. The minimum Gasteiger partial charge on any atom is -0.478 e. The van der Waals surface area contributed by atoms with Crippen LogP contribution >= 0.6 is 11.6 Å². The van der Waals surface area contributed by atoms with Crippen LogP contribution in [0.1, 0.15) is 16.2 Å². The molecule has 0 saturated carbocycles. The van der Waals surface area contributed by atoms with Crippen LogP contribution in [0.5, 0.6) is 11.6 Å². The van der Waals surface area contributed by atoms with Gasteiger partial charge in [-0.3, -0.25) is 4.57 Å². The second-order valence-corrected chi connectivity index (χ2v) is 4.59. The first kappa shape index (κ1) is 14.8. The van der Waals surface area contributed by atoms with E-state index in [4.69, 9.17) is 21.4 Å². The molecule has 1 aromatic heterocycles. The van der Waals surface area contributed by atoms with E-state index in [-0.39, 0.29) is 22.2 Å². The highest BCUT2D eigenvalue weighted by Gasteiger charge is 2.27. The normalized spacial score (nSPS) is 10.4. The first-order chi connectivity index (χ1) is 9.81. The fourth-order valence-corrected chi connectivity index (χ4v) is 1.84. The van der Waals surface area contributed by atoms with Crippen LogP contribution in [0.4, 0.5) is 5.82 Å². The Bertz CT molecular complexity index is 741. The van der Waals surface area contributed by atoms with E-state index in [0.717, 1.165) is 0 Å². The molecule has 0 amide bonds. The average Bonchev–Trinajstić information content (AvgIpc) is 2.69. The van der Waals surface area contributed by atoms with Gasteiger partial charge in [0.2, 0.25) is 5.82 Å². The fourth-order valence-electron chi connectivity index (χ4n) is 1.67. The Morgan fingerprint density at radius 1 is 1.52 bits per heavy atom. The van der Waals surface area contributed by atoms with Crippen molar-refractivity contribution in [1.29, 1.82) is 0 Å². The number of ether oxygens (including phenoxy) is 1. The molecular formula is C12H10ClN3O5. The summed E-state index contributed by atoms with van der Waals surface area (Å²) in [5.41, 5.74) is -0.198. The number of rotatable bonds is 4. The summed E-state index contributed by atoms with van der Waals surface area (Å²) < 4.78 is 6.75. The van der Waals surface area contributed by atoms with Gasteiger partial charge in [0.1, 0.15) is 11.3 Å². The van der Waals surface area contributed by atoms with Gasteiger partial charge in [0, 0.05) is 19.0 Å². The van der Waals surface area contributed by atoms with Gasteiger partial charge in [-0.2, -0.15) is 0 Å². The lowest BCUT2D eigenvalue weighted by atomic mass is 10.2. The molecule has 1 N–H and O–H groups in total. The maximum absolute atomic E-state index is 11.2. The van der Waals surface area contributed by atoms with Crippen LogP contribution < -0.4 is 4.74 Å². The largest absolute Gasteiger partial charge is 0.478 e. The van der Waals surface area contributed by atoms with Crippen LogP contribution in [0.2, 0.25) is 5.02 Å². The molecule has 110 valence electrons. The number of hydrogen-bond donors (Lipinski definition) is 1. The van der Waals surface area contributed by atoms with Crippen molar-refractivity contribution in [2.45, 2.75) is 6.92 Å². The maximum atomic E-state index is 11.2. The van der Waals surface area contributed by atoms with E-state index >= 15 is 0 Å². The number of carbonyl (C=O) groups is 1. The molecule has 0 aliphatic rings. The topological polar surface area (TPSA) is 107 Å². The Hall–Kier alpha value is -2.61. The van der Waals surface area contributed by atoms with E-state index in [1.807, 2.05) is 0 Å². The minimum absolute atomic E-state index is 0.0574. The lowest BCUT2D eigenvalue weighted by molar-refractivity contribution is -0.390. The summed E-state index contributed by atoms with van der Waals surface area (Å²) in [4.78, 5) is 25.2. The molecule has 0 fully saturated rings. The first-order valence-electron chi connectivity index (χ1n) is 5.69. The molecule has 0 aliphatic heterocycles. The molecule has 2 rings (SSSR count). The summed E-state index contributed by atoms with van der Waals surface area (Å²) >= 11 is 5.74. The minimum atomic E-state index is -1.26. The number of nitrogens with zero attached hydrogens (tertiary/aromatic N) is 3. The van der Waals surface area contributed by atoms with Gasteiger partial charge in [-0.05, 0) is 28.1 Å². The molecular weight excluding hydrogens is 302 g/mol. The predicted octanol–water partition coefficient (Wildman–Crippen LogP) is 2.78. The lowest BCUT2D eigenvalue weighted by Gasteiger charge is -2.08. The van der Waals surface area contributed by atoms with Gasteiger partial charge in [-0.1, -0.05) is 11.6 Å². The quantitative estimate of drug-likeness (QED) is 0.687. The molecule has 0 bridgehead atoms. The zero-order chi connectivity index (χ0) is 15.7. The molecule has 1 heterocycles. The first-order valence-corrected chi connectivity index (χ1v) is 6.07. The van der Waals surface area contributed by atoms with Crippen LogP contribution in [-0.4, -0.2) is 25.6 Å². The molecule has 21 heavy (non-hydrogen) atoms. The Morgan fingerprint density at radius 3 is 2.76 bits per heavy atom. The van der Waals surface area contributed by atoms with E-state index in [0.29, 0.717) is 5.82 Å². The molecule has 0 atom stereocenters. The molecule has 0 radical (unpaired) electrons. The van der Waals surface area contributed by atoms with Crippen molar-refractivity contribution in [3.8, 4) is 11.6 Å². The summed E-state index contributed by atoms with van der Waals surface area (Å²) in [5, 5.41) is 20.3. The number of benzene rings is 1. The van der Waals surface area contributed by atoms with E-state index in [9.17, 15) is 14.9 Å². The van der Waals surface area contributed by atoms with Crippen molar-refractivity contribution in [3.05, 3.63) is 44.7 Å². The molecule has 0 unspecified atom stereocenters. The number of imidazole rings is 1. The average molecular weight is 312 g/mol. The summed E-state index contributed by atoms with van der Waals surface area (Å²) in [5.74, 6) is -1.59. The van der Waals surface area contributed by atoms with Crippen molar-refractivity contribution in [2.24, 2.45) is 7.05 Å². The van der Waals surface area contributed by atoms with E-state index in [1.54, 1.807) is 6.92 Å². The van der Waals surface area contributed by atoms with Crippen LogP contribution in [-0.2, 0) is 7.05 Å². The summed E-state index contributed by atoms with van der Waals surface area (Å²) in [6.45, 7) is 1.57. The van der Waals surface area contributed by atoms with Gasteiger partial charge in [-0.15, -0.1) is 0 Å². The second-order valence-electron chi connectivity index (χ2n) is 4.15. The van der Waals surface area contributed by atoms with Crippen LogP contribution in [0.15, 0.2) is 18.2 Å². The van der Waals surface area contributed by atoms with Crippen molar-refractivity contribution in [3.63, 3.8) is 0 Å². The van der Waals surface area contributed by atoms with E-state index in [1.165, 1.54) is 29.8 Å². The van der Waals surface area contributed by atoms with Crippen LogP contribution in [0.3, 0.4) is 0 Å². The highest BCUT2D eigenvalue weighted by atomic mass is 35.5. The summed E-state index contributed by atoms with van der Waals surface area (Å²) in [7, 11) is 1.53. The number of hydrogen-bond acceptors (Lipinski definition) is 5. The van der Waals surface area contributed by atoms with Gasteiger partial charge in [0.05, 0.1) is 0 Å². The Balaban J connectivity index is 2.53. The number of aromatic carboxylic acids is 1. The van der Waals surface area contributed by atoms with Crippen LogP contribution in [0, 0.1) is 17.0 Å². The Labute approximate surface area is 123 Å². The molecule has 0 saturated heterocycles. The van der Waals surface area contributed by atoms with Gasteiger partial charge >= 0.3 is 17.7 Å². The number of carboxylic acid groups (broad SMARTS) is 1. The zero-order valence-corrected chi connectivity index (χ0v) is 11.8. The van der Waals surface area contributed by atoms with Crippen LogP contribution in [0.25, 0.3) is 0 Å². The van der Waals surface area contributed by atoms with Crippen molar-refractivity contribution >= 4 is 23.4 Å². The van der Waals surface area contributed by atoms with E-state index < -0.39 is 16.7 Å². The maximum Gasteiger partial charge on any atom is 0.427 e. The van der Waals surface area contributed by atoms with Crippen molar-refractivity contribution < 1.29 is 19.6 Å². The number of aromatic nitrogens is 2. The van der Waals surface area contributed by atoms with Gasteiger partial charge in [0.15, 0.2) is 0 Å². The summed E-state index contributed by atoms with van der Waals surface area (Å²) in [6, 6.07) is 3.96. The number of halogens is 1. The molecule has 0 aliphatic carbocycles. The van der Waals surface area contributed by atoms with Gasteiger partial charge in [0.25, 0.3) is 0 Å². The third kappa shape index (κ3) is 2.79. The third-order valence-electron chi connectivity index (χ3n) is 2.80. The van der Waals surface area contributed by atoms with Crippen molar-refractivity contribution in [2.75, 3.05) is 0 Å². The highest BCUT2D eigenvalue weighted by Crippen LogP contribution is 2.33. The van der Waals surface area contributed by atoms with Crippen molar-refractivity contribution in [1.82, 2.24) is 9.55 Å². The number of aryl methyl sites for hydroxylation is 1. The SMILES string of the molecule is Cc1nc([N+](=O)[O-])c(Oc2ccc(Cl)cc2C(=O)O)n1C. The molecule has 1 aromatic carbocycles. The molecule has 9 heteroatoms. The molecule has 8 nitrogen and oxygen atoms in total. The van der Waals surface area contributed by atoms with Gasteiger partial charge in [-0.25, -0.2) is 4.79 Å². The molecule has 2 aromatic rings. The summed E-state index contributed by atoms with van der Waals surface area (Å²) in [6.07, 6.45) is 0. The lowest BCUT2D eigenvalue weighted by Crippen LogP contribution is -2.03. The number of carboxylic acids is 1.